The van der Waals surface area contributed by atoms with Crippen LogP contribution in [-0.4, -0.2) is 40.2 Å². The second-order valence-electron chi connectivity index (χ2n) is 4.29. The third-order valence-electron chi connectivity index (χ3n) is 3.03. The summed E-state index contributed by atoms with van der Waals surface area (Å²) in [5, 5.41) is 0. The molecule has 0 aromatic heterocycles. The van der Waals surface area contributed by atoms with Gasteiger partial charge in [-0.2, -0.15) is 0 Å². The number of rotatable bonds is 6. The summed E-state index contributed by atoms with van der Waals surface area (Å²) >= 11 is 0. The average molecular weight is 217 g/mol. The van der Waals surface area contributed by atoms with Gasteiger partial charge in [0.25, 0.3) is 0 Å². The van der Waals surface area contributed by atoms with Crippen molar-refractivity contribution in [1.29, 1.82) is 0 Å². The minimum absolute atomic E-state index is 0.574. The van der Waals surface area contributed by atoms with Crippen molar-refractivity contribution in [1.82, 2.24) is 4.90 Å². The van der Waals surface area contributed by atoms with Gasteiger partial charge in [0.15, 0.2) is 0 Å². The first kappa shape index (κ1) is 12.2. The number of hydrogen-bond acceptors (Lipinski definition) is 2. The monoisotopic (exact) mass is 217 g/mol. The van der Waals surface area contributed by atoms with Gasteiger partial charge in [-0.15, -0.1) is 0 Å². The molecule has 1 fully saturated rings. The first-order valence-electron chi connectivity index (χ1n) is 5.79. The minimum atomic E-state index is -0.574. The zero-order valence-electron chi connectivity index (χ0n) is 9.50. The highest BCUT2D eigenvalue weighted by Gasteiger charge is 2.22. The third kappa shape index (κ3) is 4.09. The van der Waals surface area contributed by atoms with Crippen LogP contribution in [-0.2, 0) is 10.8 Å². The van der Waals surface area contributed by atoms with Crippen molar-refractivity contribution in [3.63, 3.8) is 0 Å². The summed E-state index contributed by atoms with van der Waals surface area (Å²) in [6, 6.07) is 0.595. The summed E-state index contributed by atoms with van der Waals surface area (Å²) in [7, 11) is 1.58. The van der Waals surface area contributed by atoms with Gasteiger partial charge in [-0.3, -0.25) is 4.21 Å². The maximum atomic E-state index is 11.7. The van der Waals surface area contributed by atoms with Gasteiger partial charge in [0.05, 0.1) is 0 Å². The van der Waals surface area contributed by atoms with Crippen molar-refractivity contribution in [2.75, 3.05) is 25.1 Å². The lowest BCUT2D eigenvalue weighted by molar-refractivity contribution is 0.333. The number of likely N-dealkylation sites (tertiary alicyclic amines) is 1. The van der Waals surface area contributed by atoms with Crippen molar-refractivity contribution < 1.29 is 4.21 Å². The van der Waals surface area contributed by atoms with Crippen molar-refractivity contribution in [2.45, 2.75) is 45.1 Å². The molecule has 0 saturated carbocycles. The molecule has 0 radical (unpaired) electrons. The fourth-order valence-electron chi connectivity index (χ4n) is 2.00. The quantitative estimate of drug-likeness (QED) is 0.634. The fourth-order valence-corrected chi connectivity index (χ4v) is 3.54. The molecule has 1 aliphatic rings. The van der Waals surface area contributed by atoms with E-state index in [0.29, 0.717) is 6.04 Å². The van der Waals surface area contributed by atoms with E-state index in [9.17, 15) is 4.21 Å². The molecule has 84 valence electrons. The zero-order valence-corrected chi connectivity index (χ0v) is 10.3. The first-order valence-corrected chi connectivity index (χ1v) is 7.28. The molecule has 1 aliphatic heterocycles. The number of hydrogen-bond donors (Lipinski definition) is 0. The topological polar surface area (TPSA) is 20.3 Å². The molecular formula is C11H23NOS. The van der Waals surface area contributed by atoms with Gasteiger partial charge in [-0.1, -0.05) is 19.8 Å². The van der Waals surface area contributed by atoms with Gasteiger partial charge in [0, 0.05) is 28.3 Å². The second-order valence-corrected chi connectivity index (χ2v) is 5.92. The highest BCUT2D eigenvalue weighted by Crippen LogP contribution is 2.15. The Morgan fingerprint density at radius 1 is 1.43 bits per heavy atom. The summed E-state index contributed by atoms with van der Waals surface area (Å²) in [6.45, 7) is 3.38. The van der Waals surface area contributed by atoms with E-state index in [4.69, 9.17) is 0 Å². The fraction of sp³-hybridized carbons (Fsp3) is 1.00. The molecule has 0 amide bonds. The van der Waals surface area contributed by atoms with Crippen LogP contribution in [0.5, 0.6) is 0 Å². The Morgan fingerprint density at radius 2 is 2.21 bits per heavy atom. The molecule has 0 N–H and O–H groups in total. The lowest BCUT2D eigenvalue weighted by Gasteiger charge is -2.18. The summed E-state index contributed by atoms with van der Waals surface area (Å²) in [4.78, 5) is 2.36. The largest absolute Gasteiger partial charge is 0.303 e. The van der Waals surface area contributed by atoms with E-state index >= 15 is 0 Å². The van der Waals surface area contributed by atoms with Gasteiger partial charge in [0.2, 0.25) is 0 Å². The van der Waals surface area contributed by atoms with Crippen LogP contribution in [0.4, 0.5) is 0 Å². The minimum Gasteiger partial charge on any atom is -0.303 e. The van der Waals surface area contributed by atoms with Gasteiger partial charge < -0.3 is 4.90 Å². The van der Waals surface area contributed by atoms with Crippen LogP contribution < -0.4 is 0 Å². The Bertz CT molecular complexity index is 184. The van der Waals surface area contributed by atoms with Crippen molar-refractivity contribution >= 4 is 10.8 Å². The van der Waals surface area contributed by atoms with E-state index in [2.05, 4.69) is 18.9 Å². The predicted molar refractivity (Wildman–Crippen MR) is 63.1 cm³/mol. The average Bonchev–Trinajstić information content (AvgIpc) is 2.52. The first-order chi connectivity index (χ1) is 6.74. The van der Waals surface area contributed by atoms with E-state index in [1.807, 2.05) is 0 Å². The molecule has 1 saturated heterocycles. The Hall–Kier alpha value is 0.110. The normalized spacial score (nSPS) is 25.4. The van der Waals surface area contributed by atoms with Crippen LogP contribution in [0.1, 0.15) is 39.0 Å². The molecular weight excluding hydrogens is 194 g/mol. The van der Waals surface area contributed by atoms with E-state index < -0.39 is 10.8 Å². The Labute approximate surface area is 90.5 Å². The number of unbranched alkanes of at least 4 members (excludes halogenated alkanes) is 2. The van der Waals surface area contributed by atoms with Crippen LogP contribution in [0.25, 0.3) is 0 Å². The van der Waals surface area contributed by atoms with Crippen LogP contribution >= 0.6 is 0 Å². The molecule has 1 heterocycles. The van der Waals surface area contributed by atoms with Crippen molar-refractivity contribution in [2.24, 2.45) is 0 Å². The molecule has 14 heavy (non-hydrogen) atoms. The lowest BCUT2D eigenvalue weighted by Crippen LogP contribution is -2.30. The molecule has 2 atom stereocenters. The van der Waals surface area contributed by atoms with E-state index in [1.54, 1.807) is 0 Å². The maximum absolute atomic E-state index is 11.7. The van der Waals surface area contributed by atoms with Crippen LogP contribution in [0.3, 0.4) is 0 Å². The van der Waals surface area contributed by atoms with E-state index in [-0.39, 0.29) is 0 Å². The molecule has 3 heteroatoms. The standard InChI is InChI=1S/C11H23NOS/c1-3-4-5-9-14(13)10-11-7-6-8-12(11)2/h11H,3-10H2,1-2H3. The third-order valence-corrected chi connectivity index (χ3v) is 4.53. The van der Waals surface area contributed by atoms with Gasteiger partial charge in [-0.25, -0.2) is 0 Å². The highest BCUT2D eigenvalue weighted by molar-refractivity contribution is 7.85. The van der Waals surface area contributed by atoms with Crippen LogP contribution in [0, 0.1) is 0 Å². The molecule has 2 nitrogen and oxygen atoms in total. The van der Waals surface area contributed by atoms with Crippen LogP contribution in [0.2, 0.25) is 0 Å². The summed E-state index contributed by atoms with van der Waals surface area (Å²) in [5.41, 5.74) is 0. The SMILES string of the molecule is CCCCCS(=O)CC1CCCN1C. The highest BCUT2D eigenvalue weighted by atomic mass is 32.2. The van der Waals surface area contributed by atoms with E-state index in [1.165, 1.54) is 32.2 Å². The Morgan fingerprint density at radius 3 is 2.79 bits per heavy atom. The van der Waals surface area contributed by atoms with Crippen LogP contribution in [0.15, 0.2) is 0 Å². The molecule has 2 unspecified atom stereocenters. The second kappa shape index (κ2) is 6.57. The molecule has 1 rings (SSSR count). The summed E-state index contributed by atoms with van der Waals surface area (Å²) < 4.78 is 11.7. The number of nitrogens with zero attached hydrogens (tertiary/aromatic N) is 1. The zero-order chi connectivity index (χ0) is 10.4. The van der Waals surface area contributed by atoms with Gasteiger partial charge in [0.1, 0.15) is 0 Å². The molecule has 0 aromatic rings. The van der Waals surface area contributed by atoms with Gasteiger partial charge in [-0.05, 0) is 32.9 Å². The molecule has 0 spiro atoms. The van der Waals surface area contributed by atoms with Crippen molar-refractivity contribution in [3.8, 4) is 0 Å². The molecule has 0 aliphatic carbocycles. The lowest BCUT2D eigenvalue weighted by atomic mass is 10.2. The van der Waals surface area contributed by atoms with E-state index in [0.717, 1.165) is 17.9 Å². The summed E-state index contributed by atoms with van der Waals surface area (Å²) in [5.74, 6) is 1.82. The van der Waals surface area contributed by atoms with Gasteiger partial charge >= 0.3 is 0 Å². The Kier molecular flexibility index (Phi) is 5.71. The van der Waals surface area contributed by atoms with Crippen molar-refractivity contribution in [3.05, 3.63) is 0 Å². The predicted octanol–water partition coefficient (Wildman–Crippen LogP) is 2.02. The maximum Gasteiger partial charge on any atom is 0.0390 e. The molecule has 0 bridgehead atoms. The summed E-state index contributed by atoms with van der Waals surface area (Å²) in [6.07, 6.45) is 6.12. The molecule has 0 aromatic carbocycles. The smallest absolute Gasteiger partial charge is 0.0390 e. The Balaban J connectivity index is 2.13.